The number of hydrogen-bond acceptors (Lipinski definition) is 3. The highest BCUT2D eigenvalue weighted by molar-refractivity contribution is 8.12. The SMILES string of the molecule is CSC(=O)N1CCCC(N2CCCCCC2)C1. The van der Waals surface area contributed by atoms with E-state index in [4.69, 9.17) is 0 Å². The molecule has 2 rings (SSSR count). The van der Waals surface area contributed by atoms with Crippen LogP contribution >= 0.6 is 11.8 Å². The Hall–Kier alpha value is -0.220. The van der Waals surface area contributed by atoms with Crippen molar-refractivity contribution in [3.05, 3.63) is 0 Å². The molecule has 0 radical (unpaired) electrons. The minimum atomic E-state index is 0.254. The summed E-state index contributed by atoms with van der Waals surface area (Å²) in [6.45, 7) is 4.40. The van der Waals surface area contributed by atoms with Crippen LogP contribution < -0.4 is 0 Å². The van der Waals surface area contributed by atoms with E-state index in [0.29, 0.717) is 6.04 Å². The normalized spacial score (nSPS) is 27.8. The topological polar surface area (TPSA) is 23.6 Å². The predicted octanol–water partition coefficient (Wildman–Crippen LogP) is 2.81. The third kappa shape index (κ3) is 3.62. The first kappa shape index (κ1) is 13.2. The van der Waals surface area contributed by atoms with Crippen molar-refractivity contribution in [2.45, 2.75) is 44.6 Å². The van der Waals surface area contributed by atoms with Crippen molar-refractivity contribution in [2.24, 2.45) is 0 Å². The van der Waals surface area contributed by atoms with E-state index in [1.165, 1.54) is 63.4 Å². The molecule has 2 heterocycles. The van der Waals surface area contributed by atoms with Gasteiger partial charge in [-0.15, -0.1) is 0 Å². The summed E-state index contributed by atoms with van der Waals surface area (Å²) in [7, 11) is 0. The number of amides is 1. The molecule has 4 heteroatoms. The molecule has 2 fully saturated rings. The molecule has 1 unspecified atom stereocenters. The first-order valence-electron chi connectivity index (χ1n) is 6.88. The Morgan fingerprint density at radius 1 is 1.06 bits per heavy atom. The second-order valence-electron chi connectivity index (χ2n) is 5.16. The van der Waals surface area contributed by atoms with E-state index in [2.05, 4.69) is 4.90 Å². The molecule has 0 spiro atoms. The van der Waals surface area contributed by atoms with Crippen molar-refractivity contribution in [1.29, 1.82) is 0 Å². The molecule has 0 aliphatic carbocycles. The second-order valence-corrected chi connectivity index (χ2v) is 5.92. The van der Waals surface area contributed by atoms with E-state index in [1.54, 1.807) is 0 Å². The highest BCUT2D eigenvalue weighted by atomic mass is 32.2. The van der Waals surface area contributed by atoms with Gasteiger partial charge in [-0.25, -0.2) is 0 Å². The third-order valence-corrected chi connectivity index (χ3v) is 4.59. The van der Waals surface area contributed by atoms with E-state index in [1.807, 2.05) is 11.2 Å². The number of carbonyl (C=O) groups excluding carboxylic acids is 1. The lowest BCUT2D eigenvalue weighted by molar-refractivity contribution is 0.120. The number of rotatable bonds is 1. The maximum atomic E-state index is 11.7. The summed E-state index contributed by atoms with van der Waals surface area (Å²) in [6.07, 6.45) is 9.79. The van der Waals surface area contributed by atoms with Crippen molar-refractivity contribution in [2.75, 3.05) is 32.4 Å². The predicted molar refractivity (Wildman–Crippen MR) is 73.5 cm³/mol. The third-order valence-electron chi connectivity index (χ3n) is 3.99. The van der Waals surface area contributed by atoms with Gasteiger partial charge in [-0.05, 0) is 45.0 Å². The quantitative estimate of drug-likeness (QED) is 0.721. The standard InChI is InChI=1S/C13H24N2OS/c1-17-13(16)15-10-6-7-12(11-15)14-8-4-2-3-5-9-14/h12H,2-11H2,1H3. The van der Waals surface area contributed by atoms with Crippen molar-refractivity contribution >= 4 is 17.0 Å². The molecule has 0 aromatic carbocycles. The molecule has 0 aromatic rings. The summed E-state index contributed by atoms with van der Waals surface area (Å²) >= 11 is 1.35. The average molecular weight is 256 g/mol. The summed E-state index contributed by atoms with van der Waals surface area (Å²) in [6, 6.07) is 0.623. The Balaban J connectivity index is 1.89. The fraction of sp³-hybridized carbons (Fsp3) is 0.923. The second kappa shape index (κ2) is 6.64. The monoisotopic (exact) mass is 256 g/mol. The molecule has 1 amide bonds. The average Bonchev–Trinajstić information content (AvgIpc) is 2.67. The maximum absolute atomic E-state index is 11.7. The molecule has 0 saturated carbocycles. The molecule has 2 aliphatic rings. The molecule has 0 N–H and O–H groups in total. The van der Waals surface area contributed by atoms with Crippen LogP contribution in [-0.4, -0.2) is 53.5 Å². The lowest BCUT2D eigenvalue weighted by Crippen LogP contribution is -2.49. The maximum Gasteiger partial charge on any atom is 0.281 e. The van der Waals surface area contributed by atoms with E-state index >= 15 is 0 Å². The van der Waals surface area contributed by atoms with Crippen molar-refractivity contribution in [3.63, 3.8) is 0 Å². The number of hydrogen-bond donors (Lipinski definition) is 0. The van der Waals surface area contributed by atoms with Gasteiger partial charge in [0.1, 0.15) is 0 Å². The lowest BCUT2D eigenvalue weighted by Gasteiger charge is -2.38. The van der Waals surface area contributed by atoms with Gasteiger partial charge < -0.3 is 4.90 Å². The van der Waals surface area contributed by atoms with Crippen LogP contribution in [0.2, 0.25) is 0 Å². The summed E-state index contributed by atoms with van der Waals surface area (Å²) in [4.78, 5) is 16.4. The molecule has 17 heavy (non-hydrogen) atoms. The van der Waals surface area contributed by atoms with Gasteiger partial charge in [-0.1, -0.05) is 24.6 Å². The van der Waals surface area contributed by atoms with Gasteiger partial charge in [0.25, 0.3) is 5.24 Å². The summed E-state index contributed by atoms with van der Waals surface area (Å²) in [5.41, 5.74) is 0. The summed E-state index contributed by atoms with van der Waals surface area (Å²) < 4.78 is 0. The minimum absolute atomic E-state index is 0.254. The van der Waals surface area contributed by atoms with Crippen LogP contribution in [0.5, 0.6) is 0 Å². The molecule has 98 valence electrons. The fourth-order valence-corrected chi connectivity index (χ4v) is 3.43. The van der Waals surface area contributed by atoms with Crippen LogP contribution in [0.1, 0.15) is 38.5 Å². The first-order chi connectivity index (χ1) is 8.31. The van der Waals surface area contributed by atoms with Crippen LogP contribution in [0.15, 0.2) is 0 Å². The Morgan fingerprint density at radius 2 is 1.76 bits per heavy atom. The molecule has 0 aromatic heterocycles. The Labute approximate surface area is 109 Å². The molecule has 2 aliphatic heterocycles. The Kier molecular flexibility index (Phi) is 5.16. The molecular weight excluding hydrogens is 232 g/mol. The van der Waals surface area contributed by atoms with E-state index in [0.717, 1.165) is 13.1 Å². The number of likely N-dealkylation sites (tertiary alicyclic amines) is 2. The van der Waals surface area contributed by atoms with Crippen LogP contribution in [0, 0.1) is 0 Å². The smallest absolute Gasteiger partial charge is 0.281 e. The number of carbonyl (C=O) groups is 1. The first-order valence-corrected chi connectivity index (χ1v) is 8.10. The highest BCUT2D eigenvalue weighted by Gasteiger charge is 2.27. The van der Waals surface area contributed by atoms with Gasteiger partial charge in [0.05, 0.1) is 0 Å². The van der Waals surface area contributed by atoms with E-state index in [9.17, 15) is 4.79 Å². The number of nitrogens with zero attached hydrogens (tertiary/aromatic N) is 2. The van der Waals surface area contributed by atoms with Crippen molar-refractivity contribution in [1.82, 2.24) is 9.80 Å². The van der Waals surface area contributed by atoms with Gasteiger partial charge >= 0.3 is 0 Å². The van der Waals surface area contributed by atoms with Gasteiger partial charge in [-0.2, -0.15) is 0 Å². The van der Waals surface area contributed by atoms with Crippen molar-refractivity contribution in [3.8, 4) is 0 Å². The van der Waals surface area contributed by atoms with Crippen LogP contribution in [-0.2, 0) is 0 Å². The Bertz CT molecular complexity index is 252. The molecular formula is C13H24N2OS. The number of piperidine rings is 1. The number of thioether (sulfide) groups is 1. The molecule has 2 saturated heterocycles. The summed E-state index contributed by atoms with van der Waals surface area (Å²) in [5.74, 6) is 0. The van der Waals surface area contributed by atoms with Crippen molar-refractivity contribution < 1.29 is 4.79 Å². The minimum Gasteiger partial charge on any atom is -0.332 e. The zero-order valence-corrected chi connectivity index (χ0v) is 11.7. The zero-order valence-electron chi connectivity index (χ0n) is 10.9. The lowest BCUT2D eigenvalue weighted by atomic mass is 10.0. The van der Waals surface area contributed by atoms with Gasteiger partial charge in [0.2, 0.25) is 0 Å². The molecule has 0 bridgehead atoms. The van der Waals surface area contributed by atoms with Gasteiger partial charge in [0.15, 0.2) is 0 Å². The highest BCUT2D eigenvalue weighted by Crippen LogP contribution is 2.21. The Morgan fingerprint density at radius 3 is 2.41 bits per heavy atom. The largest absolute Gasteiger partial charge is 0.332 e. The van der Waals surface area contributed by atoms with E-state index in [-0.39, 0.29) is 5.24 Å². The van der Waals surface area contributed by atoms with E-state index < -0.39 is 0 Å². The fourth-order valence-electron chi connectivity index (χ4n) is 3.01. The molecule has 3 nitrogen and oxygen atoms in total. The van der Waals surface area contributed by atoms with Crippen LogP contribution in [0.3, 0.4) is 0 Å². The van der Waals surface area contributed by atoms with Crippen LogP contribution in [0.25, 0.3) is 0 Å². The van der Waals surface area contributed by atoms with Crippen LogP contribution in [0.4, 0.5) is 4.79 Å². The summed E-state index contributed by atoms with van der Waals surface area (Å²) in [5, 5.41) is 0.254. The molecule has 1 atom stereocenters. The van der Waals surface area contributed by atoms with Gasteiger partial charge in [-0.3, -0.25) is 9.69 Å². The van der Waals surface area contributed by atoms with Gasteiger partial charge in [0, 0.05) is 19.1 Å². The zero-order chi connectivity index (χ0) is 12.1.